The van der Waals surface area contributed by atoms with Crippen LogP contribution in [0, 0.1) is 13.8 Å². The molecule has 1 aromatic carbocycles. The molecule has 0 aromatic heterocycles. The van der Waals surface area contributed by atoms with Crippen LogP contribution in [0.2, 0.25) is 0 Å². The monoisotopic (exact) mass is 302 g/mol. The number of aryl methyl sites for hydroxylation is 2. The van der Waals surface area contributed by atoms with Crippen molar-refractivity contribution in [2.75, 3.05) is 0 Å². The van der Waals surface area contributed by atoms with E-state index in [-0.39, 0.29) is 3.23 Å². The van der Waals surface area contributed by atoms with Crippen molar-refractivity contribution in [1.29, 1.82) is 0 Å². The molecule has 0 bridgehead atoms. The molecule has 0 radical (unpaired) electrons. The van der Waals surface area contributed by atoms with Crippen LogP contribution in [0.25, 0.3) is 0 Å². The summed E-state index contributed by atoms with van der Waals surface area (Å²) in [4.78, 5) is 0. The van der Waals surface area contributed by atoms with Crippen molar-refractivity contribution in [3.63, 3.8) is 0 Å². The first-order valence-corrected chi connectivity index (χ1v) is 6.04. The molecule has 1 saturated carbocycles. The molecule has 1 aliphatic rings. The largest absolute Gasteiger partial charge is 0.0881 e. The van der Waals surface area contributed by atoms with Gasteiger partial charge in [-0.25, -0.2) is 0 Å². The SMILES string of the molecule is Cc1ccc(C)c(C2CC2(Br)Br)c1. The van der Waals surface area contributed by atoms with E-state index in [0.717, 1.165) is 0 Å². The quantitative estimate of drug-likeness (QED) is 0.679. The highest BCUT2D eigenvalue weighted by atomic mass is 79.9. The van der Waals surface area contributed by atoms with E-state index in [1.807, 2.05) is 0 Å². The van der Waals surface area contributed by atoms with Gasteiger partial charge in [0.2, 0.25) is 0 Å². The Balaban J connectivity index is 2.36. The average molecular weight is 304 g/mol. The Hall–Kier alpha value is 0.180. The first kappa shape index (κ1) is 9.72. The third-order valence-electron chi connectivity index (χ3n) is 2.64. The van der Waals surface area contributed by atoms with Crippen LogP contribution in [0.4, 0.5) is 0 Å². The molecule has 0 N–H and O–H groups in total. The van der Waals surface area contributed by atoms with Gasteiger partial charge in [0, 0.05) is 5.92 Å². The van der Waals surface area contributed by atoms with E-state index in [1.54, 1.807) is 0 Å². The van der Waals surface area contributed by atoms with E-state index in [1.165, 1.54) is 23.1 Å². The molecular weight excluding hydrogens is 292 g/mol. The molecule has 0 nitrogen and oxygen atoms in total. The zero-order valence-corrected chi connectivity index (χ0v) is 10.9. The first-order valence-electron chi connectivity index (χ1n) is 4.46. The van der Waals surface area contributed by atoms with Crippen LogP contribution in [0.15, 0.2) is 18.2 Å². The molecule has 0 amide bonds. The Kier molecular flexibility index (Phi) is 2.31. The fraction of sp³-hybridized carbons (Fsp3) is 0.455. The van der Waals surface area contributed by atoms with Gasteiger partial charge in [-0.3, -0.25) is 0 Å². The number of hydrogen-bond acceptors (Lipinski definition) is 0. The maximum atomic E-state index is 3.66. The van der Waals surface area contributed by atoms with Gasteiger partial charge in [-0.05, 0) is 31.4 Å². The fourth-order valence-corrected chi connectivity index (χ4v) is 2.83. The van der Waals surface area contributed by atoms with Crippen molar-refractivity contribution in [2.45, 2.75) is 29.4 Å². The molecule has 1 aromatic rings. The third-order valence-corrected chi connectivity index (χ3v) is 4.39. The molecule has 0 aliphatic heterocycles. The minimum atomic E-state index is 0.179. The van der Waals surface area contributed by atoms with Gasteiger partial charge in [-0.1, -0.05) is 55.6 Å². The molecule has 70 valence electrons. The number of halogens is 2. The van der Waals surface area contributed by atoms with Crippen molar-refractivity contribution < 1.29 is 0 Å². The highest BCUT2D eigenvalue weighted by Crippen LogP contribution is 2.62. The Morgan fingerprint density at radius 1 is 1.31 bits per heavy atom. The summed E-state index contributed by atoms with van der Waals surface area (Å²) in [5.74, 6) is 0.646. The van der Waals surface area contributed by atoms with Gasteiger partial charge in [0.15, 0.2) is 0 Å². The number of benzene rings is 1. The standard InChI is InChI=1S/C11H12Br2/c1-7-3-4-8(2)9(5-7)10-6-11(10,12)13/h3-5,10H,6H2,1-2H3. The average Bonchev–Trinajstić information content (AvgIpc) is 2.65. The molecule has 0 spiro atoms. The lowest BCUT2D eigenvalue weighted by molar-refractivity contribution is 1.09. The Labute approximate surface area is 96.0 Å². The molecule has 2 heteroatoms. The van der Waals surface area contributed by atoms with Crippen molar-refractivity contribution >= 4 is 31.9 Å². The van der Waals surface area contributed by atoms with E-state index in [4.69, 9.17) is 0 Å². The first-order chi connectivity index (χ1) is 6.00. The zero-order chi connectivity index (χ0) is 9.64. The minimum Gasteiger partial charge on any atom is -0.0720 e. The summed E-state index contributed by atoms with van der Waals surface area (Å²) in [6.45, 7) is 4.33. The lowest BCUT2D eigenvalue weighted by atomic mass is 10.0. The van der Waals surface area contributed by atoms with Crippen molar-refractivity contribution in [3.05, 3.63) is 34.9 Å². The third kappa shape index (κ3) is 1.84. The summed E-state index contributed by atoms with van der Waals surface area (Å²) < 4.78 is 0.179. The van der Waals surface area contributed by atoms with Gasteiger partial charge < -0.3 is 0 Å². The molecule has 1 fully saturated rings. The summed E-state index contributed by atoms with van der Waals surface area (Å²) in [7, 11) is 0. The number of rotatable bonds is 1. The second-order valence-electron chi connectivity index (χ2n) is 3.88. The van der Waals surface area contributed by atoms with Crippen molar-refractivity contribution in [3.8, 4) is 0 Å². The molecule has 1 unspecified atom stereocenters. The van der Waals surface area contributed by atoms with Crippen LogP contribution in [-0.4, -0.2) is 3.23 Å². The maximum Gasteiger partial charge on any atom is 0.0881 e. The van der Waals surface area contributed by atoms with Gasteiger partial charge in [0.1, 0.15) is 0 Å². The summed E-state index contributed by atoms with van der Waals surface area (Å²) in [6, 6.07) is 6.68. The highest BCUT2D eigenvalue weighted by molar-refractivity contribution is 9.25. The van der Waals surface area contributed by atoms with Gasteiger partial charge in [-0.15, -0.1) is 0 Å². The molecular formula is C11H12Br2. The van der Waals surface area contributed by atoms with Crippen LogP contribution in [0.3, 0.4) is 0 Å². The van der Waals surface area contributed by atoms with Crippen molar-refractivity contribution in [2.24, 2.45) is 0 Å². The summed E-state index contributed by atoms with van der Waals surface area (Å²) >= 11 is 7.33. The Morgan fingerprint density at radius 2 is 1.92 bits per heavy atom. The summed E-state index contributed by atoms with van der Waals surface area (Å²) in [5, 5.41) is 0. The second kappa shape index (κ2) is 3.09. The van der Waals surface area contributed by atoms with Crippen LogP contribution in [0.5, 0.6) is 0 Å². The molecule has 2 rings (SSSR count). The number of alkyl halides is 2. The van der Waals surface area contributed by atoms with E-state index >= 15 is 0 Å². The number of hydrogen-bond donors (Lipinski definition) is 0. The normalized spacial score (nSPS) is 24.5. The Bertz CT molecular complexity index is 342. The lowest BCUT2D eigenvalue weighted by Crippen LogP contribution is -1.92. The highest BCUT2D eigenvalue weighted by Gasteiger charge is 2.51. The predicted molar refractivity (Wildman–Crippen MR) is 63.9 cm³/mol. The molecule has 0 heterocycles. The van der Waals surface area contributed by atoms with E-state index in [9.17, 15) is 0 Å². The van der Waals surface area contributed by atoms with E-state index < -0.39 is 0 Å². The van der Waals surface area contributed by atoms with Crippen LogP contribution in [-0.2, 0) is 0 Å². The summed E-state index contributed by atoms with van der Waals surface area (Å²) in [6.07, 6.45) is 1.19. The van der Waals surface area contributed by atoms with E-state index in [2.05, 4.69) is 63.9 Å². The lowest BCUT2D eigenvalue weighted by Gasteiger charge is -2.06. The summed E-state index contributed by atoms with van der Waals surface area (Å²) in [5.41, 5.74) is 4.23. The van der Waals surface area contributed by atoms with Gasteiger partial charge in [-0.2, -0.15) is 0 Å². The molecule has 1 aliphatic carbocycles. The smallest absolute Gasteiger partial charge is 0.0720 e. The molecule has 0 saturated heterocycles. The predicted octanol–water partition coefficient (Wildman–Crippen LogP) is 4.28. The maximum absolute atomic E-state index is 3.66. The fourth-order valence-electron chi connectivity index (χ4n) is 1.69. The van der Waals surface area contributed by atoms with Gasteiger partial charge in [0.05, 0.1) is 3.23 Å². The second-order valence-corrected chi connectivity index (χ2v) is 7.77. The van der Waals surface area contributed by atoms with Crippen LogP contribution in [0.1, 0.15) is 29.0 Å². The topological polar surface area (TPSA) is 0 Å². The van der Waals surface area contributed by atoms with Crippen LogP contribution < -0.4 is 0 Å². The molecule has 13 heavy (non-hydrogen) atoms. The van der Waals surface area contributed by atoms with Crippen molar-refractivity contribution in [1.82, 2.24) is 0 Å². The van der Waals surface area contributed by atoms with Gasteiger partial charge in [0.25, 0.3) is 0 Å². The van der Waals surface area contributed by atoms with E-state index in [0.29, 0.717) is 5.92 Å². The molecule has 1 atom stereocenters. The van der Waals surface area contributed by atoms with Gasteiger partial charge >= 0.3 is 0 Å². The zero-order valence-electron chi connectivity index (χ0n) is 7.77. The Morgan fingerprint density at radius 3 is 2.46 bits per heavy atom. The minimum absolute atomic E-state index is 0.179. The van der Waals surface area contributed by atoms with Crippen LogP contribution >= 0.6 is 31.9 Å².